The molecule has 0 unspecified atom stereocenters. The highest BCUT2D eigenvalue weighted by atomic mass is 16.1. The van der Waals surface area contributed by atoms with Gasteiger partial charge < -0.3 is 10.6 Å². The molecule has 1 fully saturated rings. The maximum absolute atomic E-state index is 11.5. The molecule has 2 aliphatic rings. The molecular formula is C16H21N3O. The van der Waals surface area contributed by atoms with Gasteiger partial charge in [-0.2, -0.15) is 0 Å². The second-order valence-electron chi connectivity index (χ2n) is 5.61. The first-order valence-electron chi connectivity index (χ1n) is 7.31. The number of para-hydroxylation sites is 1. The van der Waals surface area contributed by atoms with Crippen molar-refractivity contribution in [2.24, 2.45) is 5.73 Å². The van der Waals surface area contributed by atoms with Crippen molar-refractivity contribution in [1.82, 2.24) is 4.90 Å². The molecule has 3 rings (SSSR count). The van der Waals surface area contributed by atoms with Crippen LogP contribution in [0.1, 0.15) is 24.8 Å². The summed E-state index contributed by atoms with van der Waals surface area (Å²) in [5, 5.41) is 0. The number of piperidine rings is 1. The lowest BCUT2D eigenvalue weighted by Crippen LogP contribution is -2.40. The Balaban J connectivity index is 1.84. The van der Waals surface area contributed by atoms with Crippen molar-refractivity contribution in [1.29, 1.82) is 0 Å². The molecule has 0 radical (unpaired) electrons. The van der Waals surface area contributed by atoms with Gasteiger partial charge >= 0.3 is 0 Å². The Kier molecular flexibility index (Phi) is 3.74. The normalized spacial score (nSPS) is 19.4. The van der Waals surface area contributed by atoms with Crippen LogP contribution in [0.15, 0.2) is 36.0 Å². The summed E-state index contributed by atoms with van der Waals surface area (Å²) in [7, 11) is 0. The third kappa shape index (κ3) is 2.70. The average Bonchev–Trinajstić information content (AvgIpc) is 2.48. The van der Waals surface area contributed by atoms with Crippen LogP contribution in [-0.4, -0.2) is 30.6 Å². The number of amides is 1. The van der Waals surface area contributed by atoms with Crippen LogP contribution in [0.2, 0.25) is 0 Å². The quantitative estimate of drug-likeness (QED) is 0.913. The fourth-order valence-corrected chi connectivity index (χ4v) is 3.03. The molecule has 2 heterocycles. The molecule has 1 aromatic rings. The van der Waals surface area contributed by atoms with Crippen LogP contribution in [0.5, 0.6) is 0 Å². The number of likely N-dealkylation sites (tertiary alicyclic amines) is 1. The van der Waals surface area contributed by atoms with E-state index in [0.717, 1.165) is 19.8 Å². The number of carbonyl (C=O) groups is 1. The van der Waals surface area contributed by atoms with Crippen LogP contribution in [0.4, 0.5) is 5.69 Å². The molecule has 0 atom stereocenters. The lowest BCUT2D eigenvalue weighted by Gasteiger charge is -2.35. The monoisotopic (exact) mass is 271 g/mol. The number of hydrogen-bond donors (Lipinski definition) is 1. The van der Waals surface area contributed by atoms with Gasteiger partial charge in [0.15, 0.2) is 0 Å². The summed E-state index contributed by atoms with van der Waals surface area (Å²) >= 11 is 0. The first-order chi connectivity index (χ1) is 9.74. The first-order valence-corrected chi connectivity index (χ1v) is 7.31. The van der Waals surface area contributed by atoms with Crippen LogP contribution in [0, 0.1) is 0 Å². The Bertz CT molecular complexity index is 532. The van der Waals surface area contributed by atoms with Gasteiger partial charge in [-0.15, -0.1) is 0 Å². The minimum absolute atomic E-state index is 0.317. The van der Waals surface area contributed by atoms with E-state index in [2.05, 4.69) is 21.9 Å². The summed E-state index contributed by atoms with van der Waals surface area (Å²) in [6.45, 7) is 3.12. The van der Waals surface area contributed by atoms with Crippen LogP contribution >= 0.6 is 0 Å². The molecule has 0 spiro atoms. The van der Waals surface area contributed by atoms with Crippen molar-refractivity contribution < 1.29 is 4.79 Å². The number of hydrogen-bond acceptors (Lipinski definition) is 3. The zero-order valence-electron chi connectivity index (χ0n) is 11.7. The Labute approximate surface area is 119 Å². The minimum atomic E-state index is -0.317. The molecule has 1 amide bonds. The molecule has 20 heavy (non-hydrogen) atoms. The van der Waals surface area contributed by atoms with Gasteiger partial charge in [-0.25, -0.2) is 0 Å². The zero-order valence-corrected chi connectivity index (χ0v) is 11.7. The molecule has 106 valence electrons. The Morgan fingerprint density at radius 1 is 1.15 bits per heavy atom. The van der Waals surface area contributed by atoms with Crippen molar-refractivity contribution in [2.75, 3.05) is 24.7 Å². The number of carbonyl (C=O) groups excluding carboxylic acids is 1. The number of anilines is 1. The summed E-state index contributed by atoms with van der Waals surface area (Å²) in [5.41, 5.74) is 8.55. The van der Waals surface area contributed by atoms with Gasteiger partial charge in [0.05, 0.1) is 6.67 Å². The van der Waals surface area contributed by atoms with E-state index < -0.39 is 0 Å². The number of benzene rings is 1. The second kappa shape index (κ2) is 5.67. The molecular weight excluding hydrogens is 250 g/mol. The van der Waals surface area contributed by atoms with Crippen LogP contribution < -0.4 is 10.6 Å². The van der Waals surface area contributed by atoms with Crippen molar-refractivity contribution in [2.45, 2.75) is 25.7 Å². The fraction of sp³-hybridized carbons (Fsp3) is 0.438. The van der Waals surface area contributed by atoms with Gasteiger partial charge in [0.2, 0.25) is 5.91 Å². The highest BCUT2D eigenvalue weighted by Crippen LogP contribution is 2.29. The molecule has 1 saturated heterocycles. The van der Waals surface area contributed by atoms with Gasteiger partial charge in [0, 0.05) is 23.9 Å². The van der Waals surface area contributed by atoms with Crippen LogP contribution in [-0.2, 0) is 11.2 Å². The summed E-state index contributed by atoms with van der Waals surface area (Å²) in [4.78, 5) is 16.1. The average molecular weight is 271 g/mol. The summed E-state index contributed by atoms with van der Waals surface area (Å²) < 4.78 is 0. The molecule has 4 heteroatoms. The van der Waals surface area contributed by atoms with E-state index in [9.17, 15) is 4.79 Å². The molecule has 0 bridgehead atoms. The Morgan fingerprint density at radius 2 is 1.90 bits per heavy atom. The fourth-order valence-electron chi connectivity index (χ4n) is 3.03. The lowest BCUT2D eigenvalue weighted by molar-refractivity contribution is -0.114. The summed E-state index contributed by atoms with van der Waals surface area (Å²) in [5.74, 6) is -0.317. The lowest BCUT2D eigenvalue weighted by atomic mass is 9.99. The van der Waals surface area contributed by atoms with Crippen LogP contribution in [0.3, 0.4) is 0 Å². The van der Waals surface area contributed by atoms with Gasteiger partial charge in [0.1, 0.15) is 0 Å². The van der Waals surface area contributed by atoms with Gasteiger partial charge in [0.25, 0.3) is 0 Å². The van der Waals surface area contributed by atoms with Crippen molar-refractivity contribution >= 4 is 11.6 Å². The number of nitrogens with two attached hydrogens (primary N) is 1. The number of nitrogens with zero attached hydrogens (tertiary/aromatic N) is 2. The van der Waals surface area contributed by atoms with E-state index in [1.807, 2.05) is 18.3 Å². The Hall–Kier alpha value is -1.81. The standard InChI is InChI=1S/C16H21N3O/c17-16(20)14-10-13-6-2-3-7-15(13)19(11-14)12-18-8-4-1-5-9-18/h2-3,6-7,11H,1,4-5,8-10,12H2,(H2,17,20). The van der Waals surface area contributed by atoms with E-state index in [1.54, 1.807) is 0 Å². The third-order valence-corrected chi connectivity index (χ3v) is 4.11. The largest absolute Gasteiger partial charge is 0.366 e. The molecule has 0 aliphatic carbocycles. The maximum Gasteiger partial charge on any atom is 0.246 e. The summed E-state index contributed by atoms with van der Waals surface area (Å²) in [6.07, 6.45) is 6.43. The molecule has 0 aromatic heterocycles. The molecule has 1 aromatic carbocycles. The zero-order chi connectivity index (χ0) is 13.9. The van der Waals surface area contributed by atoms with Crippen molar-refractivity contribution in [3.05, 3.63) is 41.6 Å². The van der Waals surface area contributed by atoms with Crippen molar-refractivity contribution in [3.8, 4) is 0 Å². The minimum Gasteiger partial charge on any atom is -0.366 e. The number of fused-ring (bicyclic) bond motifs is 1. The topological polar surface area (TPSA) is 49.6 Å². The van der Waals surface area contributed by atoms with Gasteiger partial charge in [-0.3, -0.25) is 9.69 Å². The molecule has 0 saturated carbocycles. The van der Waals surface area contributed by atoms with E-state index in [0.29, 0.717) is 12.0 Å². The predicted octanol–water partition coefficient (Wildman–Crippen LogP) is 1.86. The highest BCUT2D eigenvalue weighted by Gasteiger charge is 2.22. The van der Waals surface area contributed by atoms with E-state index in [4.69, 9.17) is 5.73 Å². The third-order valence-electron chi connectivity index (χ3n) is 4.11. The van der Waals surface area contributed by atoms with Crippen LogP contribution in [0.25, 0.3) is 0 Å². The van der Waals surface area contributed by atoms with Gasteiger partial charge in [-0.1, -0.05) is 24.6 Å². The number of rotatable bonds is 3. The molecule has 2 N–H and O–H groups in total. The van der Waals surface area contributed by atoms with E-state index in [1.165, 1.54) is 30.5 Å². The maximum atomic E-state index is 11.5. The van der Waals surface area contributed by atoms with E-state index in [-0.39, 0.29) is 5.91 Å². The molecule has 2 aliphatic heterocycles. The van der Waals surface area contributed by atoms with E-state index >= 15 is 0 Å². The van der Waals surface area contributed by atoms with Crippen molar-refractivity contribution in [3.63, 3.8) is 0 Å². The van der Waals surface area contributed by atoms with Gasteiger partial charge in [-0.05, 0) is 37.6 Å². The highest BCUT2D eigenvalue weighted by molar-refractivity contribution is 5.94. The molecule has 4 nitrogen and oxygen atoms in total. The number of primary amides is 1. The summed E-state index contributed by atoms with van der Waals surface area (Å²) in [6, 6.07) is 8.26. The predicted molar refractivity (Wildman–Crippen MR) is 80.2 cm³/mol. The Morgan fingerprint density at radius 3 is 2.65 bits per heavy atom. The second-order valence-corrected chi connectivity index (χ2v) is 5.61. The SMILES string of the molecule is NC(=O)C1=CN(CN2CCCCC2)c2ccccc2C1. The first kappa shape index (κ1) is 13.2. The smallest absolute Gasteiger partial charge is 0.246 e.